The lowest BCUT2D eigenvalue weighted by molar-refractivity contribution is -0.123. The summed E-state index contributed by atoms with van der Waals surface area (Å²) in [5.74, 6) is 0.774. The molecule has 0 aliphatic heterocycles. The van der Waals surface area contributed by atoms with Gasteiger partial charge in [0.25, 0.3) is 15.9 Å². The molecule has 3 rings (SSSR count). The second kappa shape index (κ2) is 10.9. The Bertz CT molecular complexity index is 1020. The van der Waals surface area contributed by atoms with Gasteiger partial charge in [-0.3, -0.25) is 9.52 Å². The van der Waals surface area contributed by atoms with Gasteiger partial charge in [-0.1, -0.05) is 17.7 Å². The van der Waals surface area contributed by atoms with E-state index in [1.165, 1.54) is 49.8 Å². The minimum Gasteiger partial charge on any atom is -0.497 e. The molecule has 0 atom stereocenters. The third kappa shape index (κ3) is 7.03. The Morgan fingerprint density at radius 1 is 1.06 bits per heavy atom. The standard InChI is InChI=1S/C23H28N2O5S/c1-29-21-9-5-8-19(16-21)25-31(27,28)22-12-10-20(11-13-22)30-17-23(26)24-15-14-18-6-3-2-4-7-18/h5-6,8-13,16,25H,2-4,7,14-15,17H2,1H3,(H,24,26). The molecule has 1 aliphatic rings. The molecule has 166 valence electrons. The van der Waals surface area contributed by atoms with Gasteiger partial charge >= 0.3 is 0 Å². The van der Waals surface area contributed by atoms with Gasteiger partial charge in [-0.2, -0.15) is 0 Å². The predicted octanol–water partition coefficient (Wildman–Crippen LogP) is 3.88. The summed E-state index contributed by atoms with van der Waals surface area (Å²) in [6.07, 6.45) is 7.87. The molecule has 0 bridgehead atoms. The van der Waals surface area contributed by atoms with E-state index in [1.54, 1.807) is 24.3 Å². The number of carbonyl (C=O) groups excluding carboxylic acids is 1. The summed E-state index contributed by atoms with van der Waals surface area (Å²) in [4.78, 5) is 12.1. The maximum Gasteiger partial charge on any atom is 0.261 e. The molecule has 0 radical (unpaired) electrons. The van der Waals surface area contributed by atoms with Gasteiger partial charge in [0, 0.05) is 12.6 Å². The molecule has 2 N–H and O–H groups in total. The van der Waals surface area contributed by atoms with Crippen LogP contribution in [0.15, 0.2) is 65.1 Å². The van der Waals surface area contributed by atoms with Gasteiger partial charge in [0.15, 0.2) is 6.61 Å². The summed E-state index contributed by atoms with van der Waals surface area (Å²) in [5.41, 5.74) is 1.81. The average molecular weight is 445 g/mol. The Kier molecular flexibility index (Phi) is 7.94. The van der Waals surface area contributed by atoms with Crippen LogP contribution >= 0.6 is 0 Å². The number of ether oxygens (including phenoxy) is 2. The zero-order valence-corrected chi connectivity index (χ0v) is 18.4. The second-order valence-electron chi connectivity index (χ2n) is 7.31. The van der Waals surface area contributed by atoms with Gasteiger partial charge in [0.1, 0.15) is 11.5 Å². The molecular weight excluding hydrogens is 416 g/mol. The molecule has 1 aliphatic carbocycles. The van der Waals surface area contributed by atoms with Crippen LogP contribution in [0.25, 0.3) is 0 Å². The number of allylic oxidation sites excluding steroid dienone is 1. The van der Waals surface area contributed by atoms with Crippen molar-refractivity contribution in [3.05, 3.63) is 60.2 Å². The summed E-state index contributed by atoms with van der Waals surface area (Å²) < 4.78 is 38.2. The van der Waals surface area contributed by atoms with Crippen LogP contribution in [0.4, 0.5) is 5.69 Å². The number of benzene rings is 2. The van der Waals surface area contributed by atoms with E-state index in [2.05, 4.69) is 16.1 Å². The van der Waals surface area contributed by atoms with Crippen molar-refractivity contribution in [2.75, 3.05) is 25.0 Å². The van der Waals surface area contributed by atoms with E-state index in [1.807, 2.05) is 0 Å². The number of anilines is 1. The number of carbonyl (C=O) groups is 1. The highest BCUT2D eigenvalue weighted by Crippen LogP contribution is 2.22. The number of rotatable bonds is 10. The molecule has 0 fully saturated rings. The van der Waals surface area contributed by atoms with Crippen LogP contribution in [-0.4, -0.2) is 34.6 Å². The monoisotopic (exact) mass is 444 g/mol. The molecule has 31 heavy (non-hydrogen) atoms. The molecule has 0 saturated heterocycles. The first-order valence-electron chi connectivity index (χ1n) is 10.3. The highest BCUT2D eigenvalue weighted by atomic mass is 32.2. The van der Waals surface area contributed by atoms with E-state index >= 15 is 0 Å². The molecule has 2 aromatic rings. The quantitative estimate of drug-likeness (QED) is 0.543. The first-order valence-corrected chi connectivity index (χ1v) is 11.8. The van der Waals surface area contributed by atoms with Crippen molar-refractivity contribution in [1.82, 2.24) is 5.32 Å². The van der Waals surface area contributed by atoms with E-state index in [-0.39, 0.29) is 17.4 Å². The summed E-state index contributed by atoms with van der Waals surface area (Å²) in [6.45, 7) is 0.481. The Labute approximate surface area is 183 Å². The number of methoxy groups -OCH3 is 1. The Balaban J connectivity index is 1.47. The maximum atomic E-state index is 12.6. The molecule has 7 nitrogen and oxygen atoms in total. The number of amides is 1. The van der Waals surface area contributed by atoms with Crippen molar-refractivity contribution in [3.8, 4) is 11.5 Å². The minimum absolute atomic E-state index is 0.0906. The van der Waals surface area contributed by atoms with Crippen LogP contribution in [-0.2, 0) is 14.8 Å². The van der Waals surface area contributed by atoms with E-state index in [0.29, 0.717) is 23.7 Å². The molecular formula is C23H28N2O5S. The number of nitrogens with one attached hydrogen (secondary N) is 2. The largest absolute Gasteiger partial charge is 0.497 e. The highest BCUT2D eigenvalue weighted by Gasteiger charge is 2.15. The molecule has 1 amide bonds. The van der Waals surface area contributed by atoms with Crippen molar-refractivity contribution in [1.29, 1.82) is 0 Å². The summed E-state index contributed by atoms with van der Waals surface area (Å²) in [5, 5.41) is 2.85. The van der Waals surface area contributed by atoms with Gasteiger partial charge in [0.2, 0.25) is 0 Å². The predicted molar refractivity (Wildman–Crippen MR) is 120 cm³/mol. The fourth-order valence-corrected chi connectivity index (χ4v) is 4.36. The minimum atomic E-state index is -3.75. The molecule has 2 aromatic carbocycles. The van der Waals surface area contributed by atoms with E-state index in [4.69, 9.17) is 9.47 Å². The van der Waals surface area contributed by atoms with E-state index in [0.717, 1.165) is 19.3 Å². The summed E-state index contributed by atoms with van der Waals surface area (Å²) in [6, 6.07) is 12.6. The third-order valence-electron chi connectivity index (χ3n) is 4.98. The van der Waals surface area contributed by atoms with Crippen LogP contribution < -0.4 is 19.5 Å². The molecule has 8 heteroatoms. The highest BCUT2D eigenvalue weighted by molar-refractivity contribution is 7.92. The lowest BCUT2D eigenvalue weighted by Crippen LogP contribution is -2.30. The molecule has 0 spiro atoms. The van der Waals surface area contributed by atoms with Crippen molar-refractivity contribution < 1.29 is 22.7 Å². The van der Waals surface area contributed by atoms with Crippen molar-refractivity contribution in [2.45, 2.75) is 37.0 Å². The first kappa shape index (κ1) is 22.7. The van der Waals surface area contributed by atoms with Crippen LogP contribution in [0.2, 0.25) is 0 Å². The van der Waals surface area contributed by atoms with Crippen molar-refractivity contribution in [2.24, 2.45) is 0 Å². The lowest BCUT2D eigenvalue weighted by Gasteiger charge is -2.13. The summed E-state index contributed by atoms with van der Waals surface area (Å²) in [7, 11) is -2.24. The number of sulfonamides is 1. The van der Waals surface area contributed by atoms with Gasteiger partial charge in [-0.15, -0.1) is 0 Å². The molecule has 0 heterocycles. The van der Waals surface area contributed by atoms with Gasteiger partial charge in [-0.25, -0.2) is 8.42 Å². The van der Waals surface area contributed by atoms with Crippen LogP contribution in [0, 0.1) is 0 Å². The number of hydrogen-bond donors (Lipinski definition) is 2. The summed E-state index contributed by atoms with van der Waals surface area (Å²) >= 11 is 0. The topological polar surface area (TPSA) is 93.7 Å². The molecule has 0 aromatic heterocycles. The fourth-order valence-electron chi connectivity index (χ4n) is 3.31. The van der Waals surface area contributed by atoms with Crippen LogP contribution in [0.3, 0.4) is 0 Å². The Morgan fingerprint density at radius 2 is 1.87 bits per heavy atom. The maximum absolute atomic E-state index is 12.6. The Hall–Kier alpha value is -3.00. The van der Waals surface area contributed by atoms with E-state index < -0.39 is 10.0 Å². The van der Waals surface area contributed by atoms with E-state index in [9.17, 15) is 13.2 Å². The van der Waals surface area contributed by atoms with Gasteiger partial charge < -0.3 is 14.8 Å². The molecule has 0 unspecified atom stereocenters. The smallest absolute Gasteiger partial charge is 0.261 e. The SMILES string of the molecule is COc1cccc(NS(=O)(=O)c2ccc(OCC(=O)NCCC3=CCCCC3)cc2)c1. The lowest BCUT2D eigenvalue weighted by atomic mass is 9.97. The second-order valence-corrected chi connectivity index (χ2v) is 8.99. The fraction of sp³-hybridized carbons (Fsp3) is 0.348. The van der Waals surface area contributed by atoms with Crippen LogP contribution in [0.5, 0.6) is 11.5 Å². The average Bonchev–Trinajstić information content (AvgIpc) is 2.78. The zero-order valence-electron chi connectivity index (χ0n) is 17.6. The van der Waals surface area contributed by atoms with Crippen molar-refractivity contribution >= 4 is 21.6 Å². The van der Waals surface area contributed by atoms with Gasteiger partial charge in [-0.05, 0) is 68.5 Å². The van der Waals surface area contributed by atoms with Gasteiger partial charge in [0.05, 0.1) is 17.7 Å². The molecule has 0 saturated carbocycles. The van der Waals surface area contributed by atoms with Crippen LogP contribution in [0.1, 0.15) is 32.1 Å². The number of hydrogen-bond acceptors (Lipinski definition) is 5. The Morgan fingerprint density at radius 3 is 2.58 bits per heavy atom. The first-order chi connectivity index (χ1) is 15.0. The van der Waals surface area contributed by atoms with Crippen molar-refractivity contribution in [3.63, 3.8) is 0 Å². The zero-order chi connectivity index (χ0) is 22.1. The third-order valence-corrected chi connectivity index (χ3v) is 6.38. The normalized spacial score (nSPS) is 13.8.